The number of aliphatic hydroxyl groups is 4. The molecule has 2 atom stereocenters. The standard InChI is InChI=1S/C4H10O4/c5-1-3(7)4(8)2-6/h3-8H,1-2H2/t3-,4+/i1+1,2+1,3+1,4+1. The van der Waals surface area contributed by atoms with Crippen molar-refractivity contribution in [3.63, 3.8) is 0 Å². The lowest BCUT2D eigenvalue weighted by molar-refractivity contribution is -0.0388. The maximum absolute atomic E-state index is 8.47. The molecule has 0 spiro atoms. The highest BCUT2D eigenvalue weighted by Gasteiger charge is 2.12. The van der Waals surface area contributed by atoms with Crippen LogP contribution < -0.4 is 0 Å². The minimum Gasteiger partial charge on any atom is -0.394 e. The minimum absolute atomic E-state index is 0.526. The van der Waals surface area contributed by atoms with Gasteiger partial charge in [0.15, 0.2) is 0 Å². The van der Waals surface area contributed by atoms with Crippen molar-refractivity contribution in [3.05, 3.63) is 0 Å². The number of rotatable bonds is 3. The van der Waals surface area contributed by atoms with Gasteiger partial charge in [0.2, 0.25) is 0 Å². The molecule has 0 saturated heterocycles. The Kier molecular flexibility index (Phi) is 3.72. The summed E-state index contributed by atoms with van der Waals surface area (Å²) in [5.74, 6) is 0. The Bertz CT molecular complexity index is 48.0. The van der Waals surface area contributed by atoms with E-state index in [1.807, 2.05) is 0 Å². The zero-order valence-corrected chi connectivity index (χ0v) is 4.36. The maximum Gasteiger partial charge on any atom is 0.105 e. The predicted octanol–water partition coefficient (Wildman–Crippen LogP) is -2.31. The Balaban J connectivity index is 3.29. The van der Waals surface area contributed by atoms with E-state index in [2.05, 4.69) is 0 Å². The van der Waals surface area contributed by atoms with Gasteiger partial charge in [0, 0.05) is 0 Å². The van der Waals surface area contributed by atoms with Gasteiger partial charge in [-0.05, 0) is 0 Å². The molecule has 0 aliphatic rings. The van der Waals surface area contributed by atoms with Crippen LogP contribution in [0.5, 0.6) is 0 Å². The van der Waals surface area contributed by atoms with Crippen molar-refractivity contribution in [2.24, 2.45) is 0 Å². The second kappa shape index (κ2) is 3.80. The smallest absolute Gasteiger partial charge is 0.105 e. The Morgan fingerprint density at radius 1 is 0.875 bits per heavy atom. The van der Waals surface area contributed by atoms with Gasteiger partial charge >= 0.3 is 0 Å². The number of hydrogen-bond donors (Lipinski definition) is 4. The molecule has 0 bridgehead atoms. The summed E-state index contributed by atoms with van der Waals surface area (Å²) in [5, 5.41) is 33.2. The third-order valence-electron chi connectivity index (χ3n) is 0.818. The quantitative estimate of drug-likeness (QED) is 0.320. The third kappa shape index (κ3) is 2.23. The minimum atomic E-state index is -1.22. The van der Waals surface area contributed by atoms with E-state index in [0.717, 1.165) is 0 Å². The van der Waals surface area contributed by atoms with Gasteiger partial charge in [0.05, 0.1) is 13.2 Å². The Morgan fingerprint density at radius 3 is 1.25 bits per heavy atom. The largest absolute Gasteiger partial charge is 0.394 e. The summed E-state index contributed by atoms with van der Waals surface area (Å²) in [6, 6.07) is 0. The fourth-order valence-electron chi connectivity index (χ4n) is 0.243. The van der Waals surface area contributed by atoms with Crippen LogP contribution in [0.3, 0.4) is 0 Å². The Labute approximate surface area is 47.0 Å². The van der Waals surface area contributed by atoms with Gasteiger partial charge in [-0.2, -0.15) is 0 Å². The Morgan fingerprint density at radius 2 is 1.12 bits per heavy atom. The molecule has 0 amide bonds. The lowest BCUT2D eigenvalue weighted by Crippen LogP contribution is -2.31. The van der Waals surface area contributed by atoms with Gasteiger partial charge in [-0.3, -0.25) is 0 Å². The van der Waals surface area contributed by atoms with E-state index in [4.69, 9.17) is 20.4 Å². The molecule has 0 unspecified atom stereocenters. The molecule has 8 heavy (non-hydrogen) atoms. The van der Waals surface area contributed by atoms with E-state index in [1.165, 1.54) is 0 Å². The molecule has 0 aromatic rings. The van der Waals surface area contributed by atoms with Crippen molar-refractivity contribution in [1.29, 1.82) is 0 Å². The Hall–Kier alpha value is -0.160. The van der Waals surface area contributed by atoms with Crippen molar-refractivity contribution >= 4 is 0 Å². The van der Waals surface area contributed by atoms with Crippen LogP contribution in [-0.2, 0) is 0 Å². The van der Waals surface area contributed by atoms with Crippen LogP contribution in [0, 0.1) is 0 Å². The van der Waals surface area contributed by atoms with E-state index in [9.17, 15) is 0 Å². The molecule has 0 heterocycles. The second-order valence-corrected chi connectivity index (χ2v) is 1.50. The van der Waals surface area contributed by atoms with Gasteiger partial charge in [0.25, 0.3) is 0 Å². The normalized spacial score (nSPS) is 18.0. The fourth-order valence-corrected chi connectivity index (χ4v) is 0.243. The van der Waals surface area contributed by atoms with Gasteiger partial charge < -0.3 is 20.4 Å². The lowest BCUT2D eigenvalue weighted by atomic mass is 11.2. The summed E-state index contributed by atoms with van der Waals surface area (Å²) >= 11 is 0. The van der Waals surface area contributed by atoms with Crippen LogP contribution in [0.25, 0.3) is 0 Å². The van der Waals surface area contributed by atoms with Crippen molar-refractivity contribution < 1.29 is 20.4 Å². The number of aliphatic hydroxyl groups excluding tert-OH is 4. The molecule has 0 rings (SSSR count). The van der Waals surface area contributed by atoms with Crippen LogP contribution in [0.1, 0.15) is 0 Å². The third-order valence-corrected chi connectivity index (χ3v) is 0.818. The maximum atomic E-state index is 8.47. The van der Waals surface area contributed by atoms with Crippen LogP contribution in [0.2, 0.25) is 0 Å². The first-order valence-electron chi connectivity index (χ1n) is 2.30. The molecule has 0 aromatic heterocycles. The molecular formula is C4H10O4. The highest BCUT2D eigenvalue weighted by atomic mass is 16.5. The molecule has 50 valence electrons. The summed E-state index contributed by atoms with van der Waals surface area (Å²) in [6.07, 6.45) is -2.44. The highest BCUT2D eigenvalue weighted by molar-refractivity contribution is 4.62. The molecule has 0 fully saturated rings. The summed E-state index contributed by atoms with van der Waals surface area (Å²) < 4.78 is 0. The lowest BCUT2D eigenvalue weighted by Gasteiger charge is -2.10. The number of hydrogen-bond acceptors (Lipinski definition) is 4. The summed E-state index contributed by atoms with van der Waals surface area (Å²) in [5.41, 5.74) is 0. The van der Waals surface area contributed by atoms with Crippen molar-refractivity contribution in [3.8, 4) is 0 Å². The zero-order valence-electron chi connectivity index (χ0n) is 4.36. The molecule has 4 N–H and O–H groups in total. The van der Waals surface area contributed by atoms with E-state index in [1.54, 1.807) is 0 Å². The zero-order chi connectivity index (χ0) is 6.57. The fraction of sp³-hybridized carbons (Fsp3) is 1.00. The first-order valence-corrected chi connectivity index (χ1v) is 2.30. The monoisotopic (exact) mass is 126 g/mol. The molecule has 4 nitrogen and oxygen atoms in total. The van der Waals surface area contributed by atoms with Gasteiger partial charge in [-0.15, -0.1) is 0 Å². The average molecular weight is 126 g/mol. The first-order chi connectivity index (χ1) is 3.72. The molecule has 0 aliphatic heterocycles. The SMILES string of the molecule is O[13CH2][13C@@H](O)[13C@@H](O)[13CH2]O. The summed E-state index contributed by atoms with van der Waals surface area (Å²) in [4.78, 5) is 0. The van der Waals surface area contributed by atoms with Crippen molar-refractivity contribution in [2.75, 3.05) is 13.2 Å². The van der Waals surface area contributed by atoms with Gasteiger partial charge in [-0.25, -0.2) is 0 Å². The molecule has 0 saturated carbocycles. The van der Waals surface area contributed by atoms with E-state index in [0.29, 0.717) is 0 Å². The topological polar surface area (TPSA) is 80.9 Å². The molecule has 0 radical (unpaired) electrons. The van der Waals surface area contributed by atoms with Gasteiger partial charge in [0.1, 0.15) is 12.2 Å². The second-order valence-electron chi connectivity index (χ2n) is 1.50. The van der Waals surface area contributed by atoms with E-state index >= 15 is 0 Å². The van der Waals surface area contributed by atoms with Crippen LogP contribution in [-0.4, -0.2) is 45.8 Å². The van der Waals surface area contributed by atoms with Gasteiger partial charge in [-0.1, -0.05) is 0 Å². The van der Waals surface area contributed by atoms with Crippen molar-refractivity contribution in [2.45, 2.75) is 12.2 Å². The van der Waals surface area contributed by atoms with E-state index in [-0.39, 0.29) is 0 Å². The van der Waals surface area contributed by atoms with Crippen LogP contribution in [0.15, 0.2) is 0 Å². The highest BCUT2D eigenvalue weighted by Crippen LogP contribution is 1.88. The summed E-state index contributed by atoms with van der Waals surface area (Å²) in [6.45, 7) is -1.05. The molecule has 0 aliphatic carbocycles. The van der Waals surface area contributed by atoms with Crippen molar-refractivity contribution in [1.82, 2.24) is 0 Å². The molecule has 0 aromatic carbocycles. The predicted molar refractivity (Wildman–Crippen MR) is 26.2 cm³/mol. The van der Waals surface area contributed by atoms with Crippen LogP contribution in [0.4, 0.5) is 0 Å². The average Bonchev–Trinajstić information content (AvgIpc) is 1.84. The molecular weight excluding hydrogens is 116 g/mol. The molecule has 4 heteroatoms. The van der Waals surface area contributed by atoms with Crippen LogP contribution >= 0.6 is 0 Å². The van der Waals surface area contributed by atoms with E-state index < -0.39 is 25.4 Å². The summed E-state index contributed by atoms with van der Waals surface area (Å²) in [7, 11) is 0. The first kappa shape index (κ1) is 7.84.